The van der Waals surface area contributed by atoms with Gasteiger partial charge in [-0.05, 0) is 47.0 Å². The smallest absolute Gasteiger partial charge is 0.0871 e. The first-order valence-corrected chi connectivity index (χ1v) is 5.94. The third-order valence-electron chi connectivity index (χ3n) is 2.19. The molecule has 1 rings (SSSR count). The van der Waals surface area contributed by atoms with E-state index in [-0.39, 0.29) is 6.04 Å². The minimum Gasteiger partial charge on any atom is -0.371 e. The minimum absolute atomic E-state index is 0.0417. The van der Waals surface area contributed by atoms with Crippen LogP contribution in [0.25, 0.3) is 0 Å². The van der Waals surface area contributed by atoms with Crippen LogP contribution >= 0.6 is 27.5 Å². The number of hydrogen-bond donors (Lipinski definition) is 1. The van der Waals surface area contributed by atoms with Crippen LogP contribution in [0.4, 0.5) is 5.69 Å². The van der Waals surface area contributed by atoms with Gasteiger partial charge in [0.05, 0.1) is 11.7 Å². The largest absolute Gasteiger partial charge is 0.371 e. The lowest BCUT2D eigenvalue weighted by molar-refractivity contribution is 0.857. The fourth-order valence-electron chi connectivity index (χ4n) is 1.21. The number of halogens is 2. The lowest BCUT2D eigenvalue weighted by Crippen LogP contribution is -2.15. The van der Waals surface area contributed by atoms with Gasteiger partial charge in [0.15, 0.2) is 0 Å². The summed E-state index contributed by atoms with van der Waals surface area (Å²) in [5.74, 6) is 2.69. The normalized spacial score (nSPS) is 11.9. The Bertz CT molecular complexity index is 395. The molecule has 0 aromatic heterocycles. The summed E-state index contributed by atoms with van der Waals surface area (Å²) in [7, 11) is 0. The van der Waals surface area contributed by atoms with Gasteiger partial charge >= 0.3 is 0 Å². The number of anilines is 1. The second kappa shape index (κ2) is 5.44. The van der Waals surface area contributed by atoms with Crippen molar-refractivity contribution in [3.8, 4) is 12.3 Å². The molecule has 15 heavy (non-hydrogen) atoms. The van der Waals surface area contributed by atoms with Crippen LogP contribution in [-0.4, -0.2) is 6.04 Å². The van der Waals surface area contributed by atoms with E-state index in [9.17, 15) is 0 Å². The van der Waals surface area contributed by atoms with Crippen molar-refractivity contribution in [2.75, 3.05) is 5.32 Å². The Morgan fingerprint density at radius 1 is 1.60 bits per heavy atom. The highest BCUT2D eigenvalue weighted by atomic mass is 79.9. The number of benzene rings is 1. The van der Waals surface area contributed by atoms with E-state index in [1.54, 1.807) is 0 Å². The third-order valence-corrected chi connectivity index (χ3v) is 3.25. The molecule has 80 valence electrons. The van der Waals surface area contributed by atoms with Crippen LogP contribution in [0.15, 0.2) is 16.6 Å². The van der Waals surface area contributed by atoms with Crippen molar-refractivity contribution < 1.29 is 0 Å². The Hall–Kier alpha value is -0.650. The summed E-state index contributed by atoms with van der Waals surface area (Å²) >= 11 is 9.52. The predicted molar refractivity (Wildman–Crippen MR) is 70.4 cm³/mol. The molecule has 1 aromatic rings. The van der Waals surface area contributed by atoms with Crippen LogP contribution in [0.1, 0.15) is 18.9 Å². The molecule has 0 aliphatic carbocycles. The van der Waals surface area contributed by atoms with Crippen LogP contribution in [-0.2, 0) is 0 Å². The van der Waals surface area contributed by atoms with Crippen molar-refractivity contribution in [1.29, 1.82) is 0 Å². The number of aryl methyl sites for hydroxylation is 1. The van der Waals surface area contributed by atoms with Gasteiger partial charge in [-0.15, -0.1) is 6.42 Å². The first-order chi connectivity index (χ1) is 7.08. The molecular weight excluding hydrogens is 273 g/mol. The molecular formula is C12H13BrClN. The zero-order chi connectivity index (χ0) is 11.4. The highest BCUT2D eigenvalue weighted by molar-refractivity contribution is 9.10. The topological polar surface area (TPSA) is 12.0 Å². The Labute approximate surface area is 104 Å². The summed E-state index contributed by atoms with van der Waals surface area (Å²) in [4.78, 5) is 0. The Kier molecular flexibility index (Phi) is 4.50. The summed E-state index contributed by atoms with van der Waals surface area (Å²) in [5, 5.41) is 3.99. The fourth-order valence-corrected chi connectivity index (χ4v) is 1.94. The molecule has 0 radical (unpaired) electrons. The minimum atomic E-state index is 0.0417. The first-order valence-electron chi connectivity index (χ1n) is 4.76. The lowest BCUT2D eigenvalue weighted by Gasteiger charge is -2.14. The first kappa shape index (κ1) is 12.4. The molecule has 0 aliphatic rings. The lowest BCUT2D eigenvalue weighted by atomic mass is 10.2. The van der Waals surface area contributed by atoms with Gasteiger partial charge in [0.2, 0.25) is 0 Å². The van der Waals surface area contributed by atoms with Crippen molar-refractivity contribution in [1.82, 2.24) is 0 Å². The average molecular weight is 287 g/mol. The number of terminal acetylenes is 1. The predicted octanol–water partition coefficient (Wildman–Crippen LogP) is 4.23. The van der Waals surface area contributed by atoms with Crippen LogP contribution in [0.5, 0.6) is 0 Å². The molecule has 0 aliphatic heterocycles. The van der Waals surface area contributed by atoms with Crippen molar-refractivity contribution in [2.45, 2.75) is 26.3 Å². The van der Waals surface area contributed by atoms with Gasteiger partial charge in [0, 0.05) is 9.50 Å². The summed E-state index contributed by atoms with van der Waals surface area (Å²) in [6.45, 7) is 4.01. The summed E-state index contributed by atoms with van der Waals surface area (Å²) < 4.78 is 0.984. The molecule has 1 nitrogen and oxygen atoms in total. The van der Waals surface area contributed by atoms with E-state index in [1.807, 2.05) is 26.0 Å². The quantitative estimate of drug-likeness (QED) is 0.820. The van der Waals surface area contributed by atoms with Crippen molar-refractivity contribution >= 4 is 33.2 Å². The summed E-state index contributed by atoms with van der Waals surface area (Å²) in [6, 6.07) is 3.91. The van der Waals surface area contributed by atoms with Crippen LogP contribution in [0.3, 0.4) is 0 Å². The molecule has 1 atom stereocenters. The SMILES string of the molecule is C#CC(CC)Nc1cc(Cl)c(C)cc1Br. The number of hydrogen-bond acceptors (Lipinski definition) is 1. The van der Waals surface area contributed by atoms with Gasteiger partial charge in [-0.2, -0.15) is 0 Å². The maximum Gasteiger partial charge on any atom is 0.0871 e. The van der Waals surface area contributed by atoms with Crippen LogP contribution in [0.2, 0.25) is 5.02 Å². The van der Waals surface area contributed by atoms with Crippen LogP contribution in [0, 0.1) is 19.3 Å². The zero-order valence-electron chi connectivity index (χ0n) is 8.77. The second-order valence-corrected chi connectivity index (χ2v) is 4.61. The van der Waals surface area contributed by atoms with Crippen molar-refractivity contribution in [3.63, 3.8) is 0 Å². The molecule has 1 N–H and O–H groups in total. The van der Waals surface area contributed by atoms with Gasteiger partial charge in [0.25, 0.3) is 0 Å². The standard InChI is InChI=1S/C12H13BrClN/c1-4-9(5-2)15-12-7-11(14)8(3)6-10(12)13/h1,6-7,9,15H,5H2,2-3H3. The van der Waals surface area contributed by atoms with E-state index in [0.717, 1.165) is 27.2 Å². The highest BCUT2D eigenvalue weighted by Gasteiger charge is 2.07. The maximum atomic E-state index is 6.04. The molecule has 0 amide bonds. The van der Waals surface area contributed by atoms with Crippen molar-refractivity contribution in [2.24, 2.45) is 0 Å². The van der Waals surface area contributed by atoms with Gasteiger partial charge in [-0.1, -0.05) is 24.4 Å². The van der Waals surface area contributed by atoms with Gasteiger partial charge < -0.3 is 5.32 Å². The third kappa shape index (κ3) is 3.15. The Morgan fingerprint density at radius 2 is 2.27 bits per heavy atom. The van der Waals surface area contributed by atoms with E-state index >= 15 is 0 Å². The molecule has 0 heterocycles. The second-order valence-electron chi connectivity index (χ2n) is 3.35. The molecule has 0 fully saturated rings. The molecule has 3 heteroatoms. The Balaban J connectivity index is 2.96. The molecule has 1 aromatic carbocycles. The summed E-state index contributed by atoms with van der Waals surface area (Å²) in [6.07, 6.45) is 6.27. The molecule has 1 unspecified atom stereocenters. The fraction of sp³-hybridized carbons (Fsp3) is 0.333. The van der Waals surface area contributed by atoms with Gasteiger partial charge in [-0.3, -0.25) is 0 Å². The number of nitrogens with one attached hydrogen (secondary N) is 1. The van der Waals surface area contributed by atoms with Crippen molar-refractivity contribution in [3.05, 3.63) is 27.2 Å². The summed E-state index contributed by atoms with van der Waals surface area (Å²) in [5.41, 5.74) is 1.98. The van der Waals surface area contributed by atoms with E-state index in [0.29, 0.717) is 0 Å². The number of rotatable bonds is 3. The maximum absolute atomic E-state index is 6.04. The molecule has 0 saturated heterocycles. The van der Waals surface area contributed by atoms with Gasteiger partial charge in [-0.25, -0.2) is 0 Å². The van der Waals surface area contributed by atoms with E-state index in [2.05, 4.69) is 27.2 Å². The molecule has 0 spiro atoms. The highest BCUT2D eigenvalue weighted by Crippen LogP contribution is 2.29. The van der Waals surface area contributed by atoms with Crippen LogP contribution < -0.4 is 5.32 Å². The molecule has 0 bridgehead atoms. The zero-order valence-corrected chi connectivity index (χ0v) is 11.1. The van der Waals surface area contributed by atoms with E-state index in [4.69, 9.17) is 18.0 Å². The van der Waals surface area contributed by atoms with Gasteiger partial charge in [0.1, 0.15) is 0 Å². The Morgan fingerprint density at radius 3 is 2.80 bits per heavy atom. The monoisotopic (exact) mass is 285 g/mol. The average Bonchev–Trinajstić information content (AvgIpc) is 2.21. The van der Waals surface area contributed by atoms with E-state index < -0.39 is 0 Å². The molecule has 0 saturated carbocycles. The van der Waals surface area contributed by atoms with E-state index in [1.165, 1.54) is 0 Å².